The van der Waals surface area contributed by atoms with Crippen molar-refractivity contribution in [2.75, 3.05) is 7.05 Å². The summed E-state index contributed by atoms with van der Waals surface area (Å²) in [5.74, 6) is -0.0265. The molecular weight excluding hydrogens is 322 g/mol. The van der Waals surface area contributed by atoms with E-state index in [1.807, 2.05) is 42.5 Å². The van der Waals surface area contributed by atoms with Crippen molar-refractivity contribution >= 4 is 34.5 Å². The summed E-state index contributed by atoms with van der Waals surface area (Å²) in [5.41, 5.74) is 1.72. The molecule has 4 heteroatoms. The first-order valence-electron chi connectivity index (χ1n) is 5.86. The van der Waals surface area contributed by atoms with Crippen LogP contribution in [0.25, 0.3) is 0 Å². The van der Waals surface area contributed by atoms with E-state index in [-0.39, 0.29) is 5.91 Å². The van der Waals surface area contributed by atoms with Gasteiger partial charge in [-0.25, -0.2) is 0 Å². The fraction of sp³-hybridized carbons (Fsp3) is 0.133. The highest BCUT2D eigenvalue weighted by Gasteiger charge is 2.14. The lowest BCUT2D eigenvalue weighted by Gasteiger charge is -2.18. The number of nitrogens with zero attached hydrogens (tertiary/aromatic N) is 1. The van der Waals surface area contributed by atoms with Gasteiger partial charge in [0.05, 0.1) is 5.56 Å². The SMILES string of the molecule is CN(Cc1ccccc1)C(=O)c1ccc(Br)cc1S. The molecule has 0 aromatic heterocycles. The molecule has 0 aliphatic carbocycles. The highest BCUT2D eigenvalue weighted by Crippen LogP contribution is 2.21. The topological polar surface area (TPSA) is 20.3 Å². The molecular formula is C15H14BrNOS. The monoisotopic (exact) mass is 335 g/mol. The molecule has 0 spiro atoms. The number of halogens is 1. The van der Waals surface area contributed by atoms with Gasteiger partial charge in [-0.3, -0.25) is 4.79 Å². The second-order valence-corrected chi connectivity index (χ2v) is 5.71. The molecule has 0 aliphatic heterocycles. The highest BCUT2D eigenvalue weighted by molar-refractivity contribution is 9.10. The maximum atomic E-state index is 12.3. The fourth-order valence-corrected chi connectivity index (χ4v) is 2.67. The Kier molecular flexibility index (Phi) is 4.66. The van der Waals surface area contributed by atoms with Gasteiger partial charge in [0.15, 0.2) is 0 Å². The Morgan fingerprint density at radius 3 is 2.53 bits per heavy atom. The van der Waals surface area contributed by atoms with Gasteiger partial charge in [0.25, 0.3) is 5.91 Å². The van der Waals surface area contributed by atoms with E-state index in [1.165, 1.54) is 0 Å². The van der Waals surface area contributed by atoms with E-state index < -0.39 is 0 Å². The average Bonchev–Trinajstić information content (AvgIpc) is 2.39. The predicted molar refractivity (Wildman–Crippen MR) is 83.6 cm³/mol. The Bertz CT molecular complexity index is 586. The summed E-state index contributed by atoms with van der Waals surface area (Å²) in [6.07, 6.45) is 0. The highest BCUT2D eigenvalue weighted by atomic mass is 79.9. The Labute approximate surface area is 127 Å². The van der Waals surface area contributed by atoms with Gasteiger partial charge in [-0.1, -0.05) is 46.3 Å². The van der Waals surface area contributed by atoms with Crippen molar-refractivity contribution in [3.05, 3.63) is 64.1 Å². The van der Waals surface area contributed by atoms with Crippen LogP contribution in [-0.4, -0.2) is 17.9 Å². The summed E-state index contributed by atoms with van der Waals surface area (Å²) in [4.78, 5) is 14.7. The van der Waals surface area contributed by atoms with Crippen LogP contribution in [0.2, 0.25) is 0 Å². The summed E-state index contributed by atoms with van der Waals surface area (Å²) in [5, 5.41) is 0. The van der Waals surface area contributed by atoms with Crippen molar-refractivity contribution < 1.29 is 4.79 Å². The number of amides is 1. The van der Waals surface area contributed by atoms with Crippen molar-refractivity contribution in [2.45, 2.75) is 11.4 Å². The summed E-state index contributed by atoms with van der Waals surface area (Å²) in [6, 6.07) is 15.4. The van der Waals surface area contributed by atoms with E-state index in [4.69, 9.17) is 0 Å². The van der Waals surface area contributed by atoms with E-state index in [0.29, 0.717) is 17.0 Å². The lowest BCUT2D eigenvalue weighted by molar-refractivity contribution is 0.0781. The molecule has 0 saturated heterocycles. The first-order valence-corrected chi connectivity index (χ1v) is 7.10. The summed E-state index contributed by atoms with van der Waals surface area (Å²) in [7, 11) is 1.80. The van der Waals surface area contributed by atoms with Crippen LogP contribution < -0.4 is 0 Å². The van der Waals surface area contributed by atoms with Gasteiger partial charge in [0.1, 0.15) is 0 Å². The molecule has 0 unspecified atom stereocenters. The van der Waals surface area contributed by atoms with Crippen LogP contribution in [0.5, 0.6) is 0 Å². The molecule has 2 nitrogen and oxygen atoms in total. The summed E-state index contributed by atoms with van der Waals surface area (Å²) < 4.78 is 0.916. The average molecular weight is 336 g/mol. The molecule has 98 valence electrons. The number of carbonyl (C=O) groups is 1. The Morgan fingerprint density at radius 2 is 1.89 bits per heavy atom. The molecule has 0 heterocycles. The Balaban J connectivity index is 2.15. The Hall–Kier alpha value is -1.26. The molecule has 19 heavy (non-hydrogen) atoms. The third-order valence-electron chi connectivity index (χ3n) is 2.80. The zero-order valence-corrected chi connectivity index (χ0v) is 13.0. The first-order chi connectivity index (χ1) is 9.08. The minimum Gasteiger partial charge on any atom is -0.337 e. The van der Waals surface area contributed by atoms with E-state index in [0.717, 1.165) is 10.0 Å². The molecule has 0 radical (unpaired) electrons. The van der Waals surface area contributed by atoms with E-state index in [9.17, 15) is 4.79 Å². The van der Waals surface area contributed by atoms with Gasteiger partial charge in [-0.2, -0.15) is 0 Å². The van der Waals surface area contributed by atoms with Crippen molar-refractivity contribution in [3.63, 3.8) is 0 Å². The molecule has 1 amide bonds. The lowest BCUT2D eigenvalue weighted by Crippen LogP contribution is -2.26. The third-order valence-corrected chi connectivity index (χ3v) is 3.66. The third kappa shape index (κ3) is 3.61. The molecule has 2 rings (SSSR count). The van der Waals surface area contributed by atoms with Gasteiger partial charge >= 0.3 is 0 Å². The standard InChI is InChI=1S/C15H14BrNOS/c1-17(10-11-5-3-2-4-6-11)15(18)13-8-7-12(16)9-14(13)19/h2-9,19H,10H2,1H3. The van der Waals surface area contributed by atoms with Crippen molar-refractivity contribution in [3.8, 4) is 0 Å². The zero-order chi connectivity index (χ0) is 13.8. The predicted octanol–water partition coefficient (Wildman–Crippen LogP) is 4.01. The van der Waals surface area contributed by atoms with Crippen LogP contribution in [0.4, 0.5) is 0 Å². The fourth-order valence-electron chi connectivity index (χ4n) is 1.82. The zero-order valence-electron chi connectivity index (χ0n) is 10.5. The van der Waals surface area contributed by atoms with E-state index in [1.54, 1.807) is 18.0 Å². The molecule has 2 aromatic carbocycles. The van der Waals surface area contributed by atoms with Crippen LogP contribution >= 0.6 is 28.6 Å². The summed E-state index contributed by atoms with van der Waals surface area (Å²) >= 11 is 7.71. The van der Waals surface area contributed by atoms with Gasteiger partial charge < -0.3 is 4.90 Å². The van der Waals surface area contributed by atoms with Crippen LogP contribution in [0.1, 0.15) is 15.9 Å². The smallest absolute Gasteiger partial charge is 0.255 e. The van der Waals surface area contributed by atoms with Crippen molar-refractivity contribution in [1.29, 1.82) is 0 Å². The quantitative estimate of drug-likeness (QED) is 0.840. The number of thiol groups is 1. The molecule has 0 atom stereocenters. The summed E-state index contributed by atoms with van der Waals surface area (Å²) in [6.45, 7) is 0.586. The second kappa shape index (κ2) is 6.26. The van der Waals surface area contributed by atoms with Gasteiger partial charge in [-0.05, 0) is 23.8 Å². The first kappa shape index (κ1) is 14.2. The minimum atomic E-state index is -0.0265. The van der Waals surface area contributed by atoms with Crippen LogP contribution in [0, 0.1) is 0 Å². The molecule has 0 fully saturated rings. The number of carbonyl (C=O) groups excluding carboxylic acids is 1. The molecule has 2 aromatic rings. The second-order valence-electron chi connectivity index (χ2n) is 4.31. The van der Waals surface area contributed by atoms with Gasteiger partial charge in [0, 0.05) is 23.0 Å². The molecule has 0 aliphatic rings. The molecule has 0 bridgehead atoms. The van der Waals surface area contributed by atoms with Crippen LogP contribution in [0.15, 0.2) is 57.9 Å². The number of hydrogen-bond donors (Lipinski definition) is 1. The van der Waals surface area contributed by atoms with Crippen molar-refractivity contribution in [2.24, 2.45) is 0 Å². The van der Waals surface area contributed by atoms with Crippen molar-refractivity contribution in [1.82, 2.24) is 4.90 Å². The Morgan fingerprint density at radius 1 is 1.21 bits per heavy atom. The number of hydrogen-bond acceptors (Lipinski definition) is 2. The minimum absolute atomic E-state index is 0.0265. The van der Waals surface area contributed by atoms with E-state index in [2.05, 4.69) is 28.6 Å². The maximum Gasteiger partial charge on any atom is 0.255 e. The molecule has 0 N–H and O–H groups in total. The van der Waals surface area contributed by atoms with Crippen LogP contribution in [-0.2, 0) is 6.54 Å². The normalized spacial score (nSPS) is 10.3. The lowest BCUT2D eigenvalue weighted by atomic mass is 10.1. The molecule has 0 saturated carbocycles. The number of rotatable bonds is 3. The maximum absolute atomic E-state index is 12.3. The number of benzene rings is 2. The van der Waals surface area contributed by atoms with E-state index >= 15 is 0 Å². The largest absolute Gasteiger partial charge is 0.337 e. The van der Waals surface area contributed by atoms with Crippen LogP contribution in [0.3, 0.4) is 0 Å². The van der Waals surface area contributed by atoms with Gasteiger partial charge in [-0.15, -0.1) is 12.6 Å². The van der Waals surface area contributed by atoms with Gasteiger partial charge in [0.2, 0.25) is 0 Å².